The molecule has 20 heavy (non-hydrogen) atoms. The van der Waals surface area contributed by atoms with Crippen LogP contribution in [0.3, 0.4) is 0 Å². The average Bonchev–Trinajstić information content (AvgIpc) is 2.40. The van der Waals surface area contributed by atoms with Gasteiger partial charge in [-0.1, -0.05) is 6.07 Å². The smallest absolute Gasteiger partial charge is 0.272 e. The van der Waals surface area contributed by atoms with Crippen LogP contribution in [0.4, 0.5) is 5.69 Å². The van der Waals surface area contributed by atoms with Gasteiger partial charge in [0.15, 0.2) is 0 Å². The van der Waals surface area contributed by atoms with E-state index in [9.17, 15) is 14.4 Å². The summed E-state index contributed by atoms with van der Waals surface area (Å²) in [4.78, 5) is 36.6. The number of aromatic nitrogens is 1. The van der Waals surface area contributed by atoms with E-state index in [0.29, 0.717) is 16.8 Å². The molecule has 2 rings (SSSR count). The van der Waals surface area contributed by atoms with Crippen molar-refractivity contribution < 1.29 is 9.59 Å². The fraction of sp³-hybridized carbons (Fsp3) is 0.0714. The van der Waals surface area contributed by atoms with Gasteiger partial charge in [-0.3, -0.25) is 14.4 Å². The fourth-order valence-electron chi connectivity index (χ4n) is 1.73. The second-order valence-corrected chi connectivity index (χ2v) is 4.28. The number of hydrogen-bond donors (Lipinski definition) is 3. The first-order valence-electron chi connectivity index (χ1n) is 5.88. The number of primary amides is 1. The first-order valence-corrected chi connectivity index (χ1v) is 5.88. The van der Waals surface area contributed by atoms with Crippen molar-refractivity contribution in [1.82, 2.24) is 4.98 Å². The quantitative estimate of drug-likeness (QED) is 0.776. The molecule has 0 aliphatic rings. The third-order valence-corrected chi connectivity index (χ3v) is 2.77. The summed E-state index contributed by atoms with van der Waals surface area (Å²) in [5, 5.41) is 2.66. The lowest BCUT2D eigenvalue weighted by Crippen LogP contribution is -2.18. The number of aromatic amines is 1. The molecular weight excluding hydrogens is 258 g/mol. The number of carbonyl (C=O) groups excluding carboxylic acids is 2. The van der Waals surface area contributed by atoms with Crippen LogP contribution in [0.2, 0.25) is 0 Å². The highest BCUT2D eigenvalue weighted by molar-refractivity contribution is 6.03. The fourth-order valence-corrected chi connectivity index (χ4v) is 1.73. The van der Waals surface area contributed by atoms with Crippen LogP contribution in [-0.2, 0) is 0 Å². The van der Waals surface area contributed by atoms with Crippen molar-refractivity contribution in [3.8, 4) is 0 Å². The monoisotopic (exact) mass is 271 g/mol. The topological polar surface area (TPSA) is 105 Å². The van der Waals surface area contributed by atoms with Gasteiger partial charge in [-0.25, -0.2) is 0 Å². The van der Waals surface area contributed by atoms with Crippen molar-refractivity contribution in [2.75, 3.05) is 5.32 Å². The normalized spacial score (nSPS) is 10.1. The lowest BCUT2D eigenvalue weighted by Gasteiger charge is -2.09. The molecule has 6 nitrogen and oxygen atoms in total. The first kappa shape index (κ1) is 13.5. The zero-order valence-electron chi connectivity index (χ0n) is 10.8. The average molecular weight is 271 g/mol. The Kier molecular flexibility index (Phi) is 3.65. The van der Waals surface area contributed by atoms with Gasteiger partial charge < -0.3 is 16.0 Å². The molecule has 0 radical (unpaired) electrons. The Hall–Kier alpha value is -2.89. The molecule has 1 heterocycles. The second-order valence-electron chi connectivity index (χ2n) is 4.28. The summed E-state index contributed by atoms with van der Waals surface area (Å²) in [7, 11) is 0. The van der Waals surface area contributed by atoms with Crippen LogP contribution < -0.4 is 16.6 Å². The van der Waals surface area contributed by atoms with Crippen LogP contribution in [0.1, 0.15) is 26.4 Å². The van der Waals surface area contributed by atoms with Gasteiger partial charge in [-0.05, 0) is 36.8 Å². The van der Waals surface area contributed by atoms with Gasteiger partial charge in [0.25, 0.3) is 5.91 Å². The van der Waals surface area contributed by atoms with Crippen molar-refractivity contribution in [2.45, 2.75) is 6.92 Å². The molecule has 0 aliphatic carbocycles. The molecule has 0 bridgehead atoms. The number of rotatable bonds is 3. The van der Waals surface area contributed by atoms with Crippen LogP contribution in [-0.4, -0.2) is 16.8 Å². The van der Waals surface area contributed by atoms with Gasteiger partial charge >= 0.3 is 0 Å². The third kappa shape index (κ3) is 2.92. The van der Waals surface area contributed by atoms with Crippen molar-refractivity contribution in [2.24, 2.45) is 5.73 Å². The summed E-state index contributed by atoms with van der Waals surface area (Å²) in [6.45, 7) is 1.75. The van der Waals surface area contributed by atoms with Crippen molar-refractivity contribution in [1.29, 1.82) is 0 Å². The summed E-state index contributed by atoms with van der Waals surface area (Å²) in [5.74, 6) is -0.962. The highest BCUT2D eigenvalue weighted by atomic mass is 16.2. The zero-order valence-corrected chi connectivity index (χ0v) is 10.8. The summed E-state index contributed by atoms with van der Waals surface area (Å²) in [6.07, 6.45) is 0. The van der Waals surface area contributed by atoms with Crippen LogP contribution in [0.25, 0.3) is 0 Å². The number of nitrogens with one attached hydrogen (secondary N) is 2. The van der Waals surface area contributed by atoms with E-state index in [0.717, 1.165) is 0 Å². The molecule has 2 aromatic rings. The van der Waals surface area contributed by atoms with Gasteiger partial charge in [0, 0.05) is 17.3 Å². The number of nitrogens with two attached hydrogens (primary N) is 1. The van der Waals surface area contributed by atoms with Gasteiger partial charge in [0.2, 0.25) is 11.5 Å². The maximum atomic E-state index is 12.0. The Morgan fingerprint density at radius 3 is 2.55 bits per heavy atom. The third-order valence-electron chi connectivity index (χ3n) is 2.77. The van der Waals surface area contributed by atoms with Gasteiger partial charge in [-0.2, -0.15) is 0 Å². The summed E-state index contributed by atoms with van der Waals surface area (Å²) < 4.78 is 0. The lowest BCUT2D eigenvalue weighted by atomic mass is 10.1. The van der Waals surface area contributed by atoms with Crippen LogP contribution in [0, 0.1) is 6.92 Å². The Morgan fingerprint density at radius 2 is 1.95 bits per heavy atom. The molecule has 4 N–H and O–H groups in total. The van der Waals surface area contributed by atoms with E-state index in [2.05, 4.69) is 10.3 Å². The molecule has 0 fully saturated rings. The molecular formula is C14H13N3O3. The summed E-state index contributed by atoms with van der Waals surface area (Å²) in [5.41, 5.74) is 6.61. The van der Waals surface area contributed by atoms with Crippen LogP contribution in [0.15, 0.2) is 41.2 Å². The Labute approximate surface area is 114 Å². The molecule has 6 heteroatoms. The van der Waals surface area contributed by atoms with Crippen LogP contribution in [0.5, 0.6) is 0 Å². The number of amides is 2. The number of carbonyl (C=O) groups is 2. The number of hydrogen-bond acceptors (Lipinski definition) is 3. The predicted octanol–water partition coefficient (Wildman–Crippen LogP) is 1.03. The molecule has 2 amide bonds. The molecule has 1 aromatic heterocycles. The molecule has 0 unspecified atom stereocenters. The van der Waals surface area contributed by atoms with Gasteiger partial charge in [0.1, 0.15) is 5.69 Å². The number of H-pyrrole nitrogens is 1. The van der Waals surface area contributed by atoms with E-state index in [4.69, 9.17) is 5.73 Å². The Balaban J connectivity index is 2.24. The second kappa shape index (κ2) is 5.40. The lowest BCUT2D eigenvalue weighted by molar-refractivity contribution is 0.0998. The molecule has 0 aliphatic heterocycles. The molecule has 0 saturated heterocycles. The van der Waals surface area contributed by atoms with Gasteiger partial charge in [-0.15, -0.1) is 0 Å². The zero-order chi connectivity index (χ0) is 14.7. The minimum atomic E-state index is -0.529. The highest BCUT2D eigenvalue weighted by Gasteiger charge is 2.09. The molecule has 0 spiro atoms. The highest BCUT2D eigenvalue weighted by Crippen LogP contribution is 2.17. The predicted molar refractivity (Wildman–Crippen MR) is 74.7 cm³/mol. The van der Waals surface area contributed by atoms with E-state index < -0.39 is 11.8 Å². The number of aryl methyl sites for hydroxylation is 1. The standard InChI is InChI=1S/C14H13N3O3/c1-8-7-9(13(15)19)5-6-10(8)17-14(20)11-3-2-4-12(18)16-11/h2-7H,1H3,(H2,15,19)(H,16,18)(H,17,20). The summed E-state index contributed by atoms with van der Waals surface area (Å²) >= 11 is 0. The van der Waals surface area contributed by atoms with E-state index >= 15 is 0 Å². The molecule has 102 valence electrons. The van der Waals surface area contributed by atoms with E-state index in [1.807, 2.05) is 0 Å². The van der Waals surface area contributed by atoms with Gasteiger partial charge in [0.05, 0.1) is 0 Å². The molecule has 1 aromatic carbocycles. The van der Waals surface area contributed by atoms with Crippen molar-refractivity contribution in [3.63, 3.8) is 0 Å². The van der Waals surface area contributed by atoms with E-state index in [-0.39, 0.29) is 11.3 Å². The Morgan fingerprint density at radius 1 is 1.20 bits per heavy atom. The SMILES string of the molecule is Cc1cc(C(N)=O)ccc1NC(=O)c1cccc(=O)[nH]1. The maximum Gasteiger partial charge on any atom is 0.272 e. The van der Waals surface area contributed by atoms with E-state index in [1.165, 1.54) is 24.3 Å². The largest absolute Gasteiger partial charge is 0.366 e. The number of anilines is 1. The van der Waals surface area contributed by atoms with Crippen molar-refractivity contribution in [3.05, 3.63) is 63.6 Å². The minimum Gasteiger partial charge on any atom is -0.366 e. The maximum absolute atomic E-state index is 12.0. The molecule has 0 saturated carbocycles. The first-order chi connectivity index (χ1) is 9.47. The summed E-state index contributed by atoms with van der Waals surface area (Å²) in [6, 6.07) is 9.03. The van der Waals surface area contributed by atoms with E-state index in [1.54, 1.807) is 19.1 Å². The molecule has 0 atom stereocenters. The minimum absolute atomic E-state index is 0.163. The van der Waals surface area contributed by atoms with Crippen LogP contribution >= 0.6 is 0 Å². The number of pyridine rings is 1. The van der Waals surface area contributed by atoms with Crippen molar-refractivity contribution >= 4 is 17.5 Å². The number of benzene rings is 1. The Bertz CT molecular complexity index is 734.